The van der Waals surface area contributed by atoms with Gasteiger partial charge in [-0.05, 0) is 31.0 Å². The molecule has 29 heavy (non-hydrogen) atoms. The second kappa shape index (κ2) is 7.32. The Morgan fingerprint density at radius 1 is 1.14 bits per heavy atom. The average molecular weight is 384 g/mol. The van der Waals surface area contributed by atoms with Gasteiger partial charge in [0, 0.05) is 48.4 Å². The molecule has 0 unspecified atom stereocenters. The number of Topliss-reactive ketones (excluding diaryl/α,β-unsaturated/α-hetero) is 1. The molecule has 144 valence electrons. The fourth-order valence-corrected chi connectivity index (χ4v) is 3.53. The number of imidazole rings is 1. The van der Waals surface area contributed by atoms with Crippen LogP contribution in [0.25, 0.3) is 27.7 Å². The molecule has 7 nitrogen and oxygen atoms in total. The summed E-state index contributed by atoms with van der Waals surface area (Å²) in [5.41, 5.74) is 5.08. The Morgan fingerprint density at radius 3 is 2.66 bits per heavy atom. The first-order chi connectivity index (χ1) is 14.1. The maximum absolute atomic E-state index is 12.2. The van der Waals surface area contributed by atoms with Crippen LogP contribution >= 0.6 is 0 Å². The Labute approximate surface area is 168 Å². The number of carbonyl (C=O) groups excluding carboxylic acids is 1. The quantitative estimate of drug-likeness (QED) is 0.519. The molecule has 0 fully saturated rings. The third-order valence-electron chi connectivity index (χ3n) is 4.99. The van der Waals surface area contributed by atoms with E-state index in [1.165, 1.54) is 0 Å². The molecule has 0 aliphatic heterocycles. The lowest BCUT2D eigenvalue weighted by molar-refractivity contribution is 0.0977. The van der Waals surface area contributed by atoms with Gasteiger partial charge in [-0.1, -0.05) is 6.92 Å². The standard InChI is InChI=1S/C22H20N6O/c1-4-5-20(29)18-6-13(2)17(12-25-18)16-7-14-10-26-21(24-3)8-19(14)28-15(9-23)11-27-22(16)28/h6-8,10-12H,4-5H2,1-3H3,(H,24,26). The highest BCUT2D eigenvalue weighted by atomic mass is 16.1. The number of aryl methyl sites for hydroxylation is 1. The van der Waals surface area contributed by atoms with Crippen molar-refractivity contribution in [1.29, 1.82) is 5.26 Å². The molecule has 0 saturated carbocycles. The number of ketones is 1. The van der Waals surface area contributed by atoms with E-state index in [1.807, 2.05) is 36.4 Å². The summed E-state index contributed by atoms with van der Waals surface area (Å²) in [5.74, 6) is 0.753. The predicted octanol–water partition coefficient (Wildman–Crippen LogP) is 4.15. The summed E-state index contributed by atoms with van der Waals surface area (Å²) in [6, 6.07) is 7.93. The first kappa shape index (κ1) is 18.6. The molecule has 0 saturated heterocycles. The number of aromatic nitrogens is 4. The van der Waals surface area contributed by atoms with E-state index in [9.17, 15) is 10.1 Å². The molecule has 0 radical (unpaired) electrons. The van der Waals surface area contributed by atoms with E-state index in [0.29, 0.717) is 29.3 Å². The lowest BCUT2D eigenvalue weighted by Crippen LogP contribution is -2.03. The van der Waals surface area contributed by atoms with E-state index in [4.69, 9.17) is 0 Å². The van der Waals surface area contributed by atoms with Crippen LogP contribution in [0.3, 0.4) is 0 Å². The third-order valence-corrected chi connectivity index (χ3v) is 4.99. The number of nitrogens with zero attached hydrogens (tertiary/aromatic N) is 5. The van der Waals surface area contributed by atoms with Gasteiger partial charge < -0.3 is 5.32 Å². The Morgan fingerprint density at radius 2 is 1.97 bits per heavy atom. The molecule has 0 aliphatic rings. The minimum atomic E-state index is 0.0437. The van der Waals surface area contributed by atoms with Crippen LogP contribution in [0, 0.1) is 18.3 Å². The molecule has 0 bridgehead atoms. The number of nitriles is 1. The van der Waals surface area contributed by atoms with E-state index in [1.54, 1.807) is 25.6 Å². The zero-order valence-electron chi connectivity index (χ0n) is 16.5. The second-order valence-electron chi connectivity index (χ2n) is 6.91. The molecule has 7 heteroatoms. The van der Waals surface area contributed by atoms with Crippen molar-refractivity contribution in [3.63, 3.8) is 0 Å². The second-order valence-corrected chi connectivity index (χ2v) is 6.91. The summed E-state index contributed by atoms with van der Waals surface area (Å²) in [6.07, 6.45) is 6.33. The van der Waals surface area contributed by atoms with Gasteiger partial charge in [0.2, 0.25) is 0 Å². The van der Waals surface area contributed by atoms with Crippen molar-refractivity contribution in [2.24, 2.45) is 0 Å². The molecular formula is C22H20N6O. The average Bonchev–Trinajstić information content (AvgIpc) is 3.17. The van der Waals surface area contributed by atoms with Crippen LogP contribution < -0.4 is 5.32 Å². The van der Waals surface area contributed by atoms with Crippen molar-refractivity contribution < 1.29 is 4.79 Å². The summed E-state index contributed by atoms with van der Waals surface area (Å²) in [6.45, 7) is 3.93. The van der Waals surface area contributed by atoms with Crippen molar-refractivity contribution in [1.82, 2.24) is 19.4 Å². The number of pyridine rings is 3. The van der Waals surface area contributed by atoms with Crippen LogP contribution in [-0.2, 0) is 0 Å². The van der Waals surface area contributed by atoms with Gasteiger partial charge in [0.05, 0.1) is 11.7 Å². The van der Waals surface area contributed by atoms with Gasteiger partial charge in [-0.25, -0.2) is 9.97 Å². The van der Waals surface area contributed by atoms with Gasteiger partial charge in [0.15, 0.2) is 5.78 Å². The van der Waals surface area contributed by atoms with Crippen LogP contribution in [0.1, 0.15) is 41.5 Å². The zero-order valence-corrected chi connectivity index (χ0v) is 16.5. The normalized spacial score (nSPS) is 11.0. The van der Waals surface area contributed by atoms with Crippen molar-refractivity contribution in [3.05, 3.63) is 53.7 Å². The number of carbonyl (C=O) groups is 1. The summed E-state index contributed by atoms with van der Waals surface area (Å²) in [4.78, 5) is 25.5. The van der Waals surface area contributed by atoms with Crippen molar-refractivity contribution in [3.8, 4) is 17.2 Å². The molecule has 0 aromatic carbocycles. The highest BCUT2D eigenvalue weighted by Crippen LogP contribution is 2.32. The molecule has 4 aromatic heterocycles. The molecule has 0 spiro atoms. The van der Waals surface area contributed by atoms with Crippen LogP contribution in [0.5, 0.6) is 0 Å². The Kier molecular flexibility index (Phi) is 4.69. The SMILES string of the molecule is CCCC(=O)c1cc(C)c(-c2cc3cnc(NC)cc3n3c(C#N)cnc23)cn1. The number of hydrogen-bond acceptors (Lipinski definition) is 6. The summed E-state index contributed by atoms with van der Waals surface area (Å²) < 4.78 is 1.84. The molecule has 0 amide bonds. The van der Waals surface area contributed by atoms with E-state index in [0.717, 1.165) is 34.0 Å². The number of fused-ring (bicyclic) bond motifs is 3. The smallest absolute Gasteiger partial charge is 0.181 e. The van der Waals surface area contributed by atoms with Gasteiger partial charge >= 0.3 is 0 Å². The molecule has 4 heterocycles. The van der Waals surface area contributed by atoms with Crippen LogP contribution in [0.15, 0.2) is 36.8 Å². The highest BCUT2D eigenvalue weighted by Gasteiger charge is 2.17. The fourth-order valence-electron chi connectivity index (χ4n) is 3.53. The molecule has 0 atom stereocenters. The minimum absolute atomic E-state index is 0.0437. The van der Waals surface area contributed by atoms with Crippen LogP contribution in [0.2, 0.25) is 0 Å². The monoisotopic (exact) mass is 384 g/mol. The molecule has 4 aromatic rings. The predicted molar refractivity (Wildman–Crippen MR) is 112 cm³/mol. The lowest BCUT2D eigenvalue weighted by atomic mass is 10.0. The first-order valence-electron chi connectivity index (χ1n) is 9.45. The maximum Gasteiger partial charge on any atom is 0.181 e. The lowest BCUT2D eigenvalue weighted by Gasteiger charge is -2.12. The number of anilines is 1. The number of nitrogens with one attached hydrogen (secondary N) is 1. The van der Waals surface area contributed by atoms with E-state index in [2.05, 4.69) is 26.3 Å². The first-order valence-corrected chi connectivity index (χ1v) is 9.45. The molecule has 4 rings (SSSR count). The molecule has 1 N–H and O–H groups in total. The van der Waals surface area contributed by atoms with Gasteiger partial charge in [-0.3, -0.25) is 14.2 Å². The number of rotatable bonds is 5. The van der Waals surface area contributed by atoms with Gasteiger partial charge in [0.1, 0.15) is 28.9 Å². The third kappa shape index (κ3) is 3.09. The van der Waals surface area contributed by atoms with E-state index < -0.39 is 0 Å². The zero-order chi connectivity index (χ0) is 20.5. The van der Waals surface area contributed by atoms with Crippen molar-refractivity contribution >= 4 is 28.2 Å². The summed E-state index contributed by atoms with van der Waals surface area (Å²) in [7, 11) is 1.80. The van der Waals surface area contributed by atoms with Gasteiger partial charge in [0.25, 0.3) is 0 Å². The molecular weight excluding hydrogens is 364 g/mol. The largest absolute Gasteiger partial charge is 0.373 e. The van der Waals surface area contributed by atoms with E-state index in [-0.39, 0.29) is 5.78 Å². The van der Waals surface area contributed by atoms with Crippen molar-refractivity contribution in [2.45, 2.75) is 26.7 Å². The molecule has 0 aliphatic carbocycles. The Hall–Kier alpha value is -3.79. The minimum Gasteiger partial charge on any atom is -0.373 e. The van der Waals surface area contributed by atoms with Crippen LogP contribution in [-0.4, -0.2) is 32.2 Å². The van der Waals surface area contributed by atoms with E-state index >= 15 is 0 Å². The van der Waals surface area contributed by atoms with Gasteiger partial charge in [-0.15, -0.1) is 0 Å². The van der Waals surface area contributed by atoms with Crippen LogP contribution in [0.4, 0.5) is 5.82 Å². The topological polar surface area (TPSA) is 96.0 Å². The Bertz CT molecular complexity index is 1300. The van der Waals surface area contributed by atoms with Crippen molar-refractivity contribution in [2.75, 3.05) is 12.4 Å². The highest BCUT2D eigenvalue weighted by molar-refractivity contribution is 5.96. The summed E-state index contributed by atoms with van der Waals surface area (Å²) >= 11 is 0. The number of hydrogen-bond donors (Lipinski definition) is 1. The van der Waals surface area contributed by atoms with Gasteiger partial charge in [-0.2, -0.15) is 5.26 Å². The Balaban J connectivity index is 1.98. The summed E-state index contributed by atoms with van der Waals surface area (Å²) in [5, 5.41) is 13.5. The maximum atomic E-state index is 12.2. The fraction of sp³-hybridized carbons (Fsp3) is 0.227.